The van der Waals surface area contributed by atoms with Gasteiger partial charge in [0.25, 0.3) is 0 Å². The molecule has 0 atom stereocenters. The molecule has 0 radical (unpaired) electrons. The molecule has 86 valence electrons. The van der Waals surface area contributed by atoms with Gasteiger partial charge in [0.15, 0.2) is 0 Å². The number of ether oxygens (including phenoxy) is 1. The van der Waals surface area contributed by atoms with Gasteiger partial charge < -0.3 is 10.1 Å². The second kappa shape index (κ2) is 4.06. The normalized spacial score (nSPS) is 24.0. The molecule has 0 unspecified atom stereocenters. The SMILES string of the molecule is c1ccc(OC2CC3(CCNCC3)C2)nc1. The van der Waals surface area contributed by atoms with Crippen molar-refractivity contribution < 1.29 is 4.74 Å². The van der Waals surface area contributed by atoms with Crippen molar-refractivity contribution in [2.75, 3.05) is 13.1 Å². The summed E-state index contributed by atoms with van der Waals surface area (Å²) in [5.41, 5.74) is 0.588. The predicted molar refractivity (Wildman–Crippen MR) is 62.4 cm³/mol. The summed E-state index contributed by atoms with van der Waals surface area (Å²) in [4.78, 5) is 4.20. The standard InChI is InChI=1S/C13H18N2O/c1-2-6-15-12(3-1)16-11-9-13(10-11)4-7-14-8-5-13/h1-3,6,11,14H,4-5,7-10H2. The summed E-state index contributed by atoms with van der Waals surface area (Å²) >= 11 is 0. The summed E-state index contributed by atoms with van der Waals surface area (Å²) in [6.45, 7) is 2.35. The molecule has 0 bridgehead atoms. The van der Waals surface area contributed by atoms with Gasteiger partial charge in [0, 0.05) is 12.3 Å². The van der Waals surface area contributed by atoms with E-state index < -0.39 is 0 Å². The molecule has 2 fully saturated rings. The zero-order valence-corrected chi connectivity index (χ0v) is 9.48. The molecular weight excluding hydrogens is 200 g/mol. The molecule has 1 aromatic rings. The first-order valence-corrected chi connectivity index (χ1v) is 6.15. The number of aromatic nitrogens is 1. The van der Waals surface area contributed by atoms with E-state index in [0.717, 1.165) is 5.88 Å². The lowest BCUT2D eigenvalue weighted by atomic mass is 9.62. The Labute approximate surface area is 96.2 Å². The highest BCUT2D eigenvalue weighted by atomic mass is 16.5. The van der Waals surface area contributed by atoms with Gasteiger partial charge in [-0.15, -0.1) is 0 Å². The van der Waals surface area contributed by atoms with E-state index in [9.17, 15) is 0 Å². The number of hydrogen-bond donors (Lipinski definition) is 1. The zero-order chi connectivity index (χ0) is 10.8. The maximum Gasteiger partial charge on any atom is 0.213 e. The Bertz CT molecular complexity index is 338. The lowest BCUT2D eigenvalue weighted by Crippen LogP contribution is -2.49. The third-order valence-corrected chi connectivity index (χ3v) is 3.91. The fraction of sp³-hybridized carbons (Fsp3) is 0.615. The average Bonchev–Trinajstić information content (AvgIpc) is 2.30. The van der Waals surface area contributed by atoms with Crippen LogP contribution in [-0.4, -0.2) is 24.2 Å². The van der Waals surface area contributed by atoms with Crippen LogP contribution in [0.3, 0.4) is 0 Å². The minimum Gasteiger partial charge on any atom is -0.474 e. The number of piperidine rings is 1. The summed E-state index contributed by atoms with van der Waals surface area (Å²) in [7, 11) is 0. The number of rotatable bonds is 2. The van der Waals surface area contributed by atoms with Crippen molar-refractivity contribution in [3.8, 4) is 5.88 Å². The Morgan fingerprint density at radius 2 is 2.06 bits per heavy atom. The van der Waals surface area contributed by atoms with E-state index in [0.29, 0.717) is 11.5 Å². The predicted octanol–water partition coefficient (Wildman–Crippen LogP) is 1.99. The molecule has 16 heavy (non-hydrogen) atoms. The molecule has 1 aromatic heterocycles. The molecule has 1 saturated heterocycles. The highest BCUT2D eigenvalue weighted by Crippen LogP contribution is 2.48. The molecule has 1 aliphatic heterocycles. The molecule has 0 amide bonds. The zero-order valence-electron chi connectivity index (χ0n) is 9.48. The molecule has 0 aromatic carbocycles. The summed E-state index contributed by atoms with van der Waals surface area (Å²) in [6.07, 6.45) is 7.24. The lowest BCUT2D eigenvalue weighted by Gasteiger charge is -2.49. The van der Waals surface area contributed by atoms with Crippen molar-refractivity contribution in [2.45, 2.75) is 31.8 Å². The first-order chi connectivity index (χ1) is 7.86. The van der Waals surface area contributed by atoms with Gasteiger partial charge in [-0.25, -0.2) is 4.98 Å². The quantitative estimate of drug-likeness (QED) is 0.824. The van der Waals surface area contributed by atoms with E-state index in [1.165, 1.54) is 38.8 Å². The lowest BCUT2D eigenvalue weighted by molar-refractivity contribution is -0.0367. The van der Waals surface area contributed by atoms with Crippen LogP contribution in [0.5, 0.6) is 5.88 Å². The fourth-order valence-electron chi connectivity index (χ4n) is 2.94. The molecule has 1 N–H and O–H groups in total. The largest absolute Gasteiger partial charge is 0.474 e. The number of nitrogens with zero attached hydrogens (tertiary/aromatic N) is 1. The maximum absolute atomic E-state index is 5.85. The molecule has 1 saturated carbocycles. The van der Waals surface area contributed by atoms with E-state index in [1.54, 1.807) is 6.20 Å². The van der Waals surface area contributed by atoms with Gasteiger partial charge in [-0.05, 0) is 50.3 Å². The topological polar surface area (TPSA) is 34.1 Å². The van der Waals surface area contributed by atoms with Crippen molar-refractivity contribution in [3.63, 3.8) is 0 Å². The maximum atomic E-state index is 5.85. The summed E-state index contributed by atoms with van der Waals surface area (Å²) in [5.74, 6) is 0.774. The molecule has 1 spiro atoms. The molecule has 1 aliphatic carbocycles. The van der Waals surface area contributed by atoms with Crippen LogP contribution in [0.4, 0.5) is 0 Å². The summed E-state index contributed by atoms with van der Waals surface area (Å²) in [6, 6.07) is 5.83. The molecule has 3 rings (SSSR count). The van der Waals surface area contributed by atoms with E-state index in [4.69, 9.17) is 4.74 Å². The van der Waals surface area contributed by atoms with E-state index in [-0.39, 0.29) is 0 Å². The second-order valence-corrected chi connectivity index (χ2v) is 5.07. The summed E-state index contributed by atoms with van der Waals surface area (Å²) < 4.78 is 5.85. The van der Waals surface area contributed by atoms with Crippen molar-refractivity contribution in [1.29, 1.82) is 0 Å². The molecule has 2 heterocycles. The van der Waals surface area contributed by atoms with Crippen molar-refractivity contribution >= 4 is 0 Å². The van der Waals surface area contributed by atoms with Crippen LogP contribution in [0.1, 0.15) is 25.7 Å². The van der Waals surface area contributed by atoms with Gasteiger partial charge in [0.2, 0.25) is 5.88 Å². The Balaban J connectivity index is 1.53. The van der Waals surface area contributed by atoms with Crippen LogP contribution in [0, 0.1) is 5.41 Å². The van der Waals surface area contributed by atoms with Gasteiger partial charge in [-0.2, -0.15) is 0 Å². The van der Waals surface area contributed by atoms with Crippen molar-refractivity contribution in [2.24, 2.45) is 5.41 Å². The van der Waals surface area contributed by atoms with Crippen LogP contribution in [0.15, 0.2) is 24.4 Å². The highest BCUT2D eigenvalue weighted by Gasteiger charge is 2.45. The van der Waals surface area contributed by atoms with Gasteiger partial charge >= 0.3 is 0 Å². The summed E-state index contributed by atoms with van der Waals surface area (Å²) in [5, 5.41) is 3.42. The van der Waals surface area contributed by atoms with Gasteiger partial charge in [-0.1, -0.05) is 6.07 Å². The van der Waals surface area contributed by atoms with Crippen LogP contribution < -0.4 is 10.1 Å². The molecule has 3 nitrogen and oxygen atoms in total. The number of pyridine rings is 1. The van der Waals surface area contributed by atoms with Gasteiger partial charge in [0.1, 0.15) is 6.10 Å². The fourth-order valence-corrected chi connectivity index (χ4v) is 2.94. The van der Waals surface area contributed by atoms with Gasteiger partial charge in [-0.3, -0.25) is 0 Å². The first kappa shape index (κ1) is 10.1. The molecular formula is C13H18N2O. The Kier molecular flexibility index (Phi) is 2.56. The highest BCUT2D eigenvalue weighted by molar-refractivity contribution is 5.11. The second-order valence-electron chi connectivity index (χ2n) is 5.07. The van der Waals surface area contributed by atoms with Gasteiger partial charge in [0.05, 0.1) is 0 Å². The van der Waals surface area contributed by atoms with E-state index >= 15 is 0 Å². The molecule has 3 heteroatoms. The van der Waals surface area contributed by atoms with Crippen LogP contribution in [0.25, 0.3) is 0 Å². The Hall–Kier alpha value is -1.09. The monoisotopic (exact) mass is 218 g/mol. The Morgan fingerprint density at radius 3 is 2.75 bits per heavy atom. The Morgan fingerprint density at radius 1 is 1.25 bits per heavy atom. The van der Waals surface area contributed by atoms with Crippen LogP contribution in [-0.2, 0) is 0 Å². The average molecular weight is 218 g/mol. The minimum atomic E-state index is 0.396. The van der Waals surface area contributed by atoms with Crippen LogP contribution >= 0.6 is 0 Å². The third kappa shape index (κ3) is 1.92. The van der Waals surface area contributed by atoms with Crippen LogP contribution in [0.2, 0.25) is 0 Å². The van der Waals surface area contributed by atoms with E-state index in [1.807, 2.05) is 18.2 Å². The third-order valence-electron chi connectivity index (χ3n) is 3.91. The van der Waals surface area contributed by atoms with Crippen molar-refractivity contribution in [3.05, 3.63) is 24.4 Å². The minimum absolute atomic E-state index is 0.396. The van der Waals surface area contributed by atoms with E-state index in [2.05, 4.69) is 10.3 Å². The molecule has 2 aliphatic rings. The van der Waals surface area contributed by atoms with Crippen molar-refractivity contribution in [1.82, 2.24) is 10.3 Å². The first-order valence-electron chi connectivity index (χ1n) is 6.15. The number of nitrogens with one attached hydrogen (secondary N) is 1. The number of hydrogen-bond acceptors (Lipinski definition) is 3. The smallest absolute Gasteiger partial charge is 0.213 e.